The van der Waals surface area contributed by atoms with Crippen LogP contribution in [0.5, 0.6) is 0 Å². The van der Waals surface area contributed by atoms with Crippen LogP contribution in [0, 0.1) is 11.8 Å². The van der Waals surface area contributed by atoms with Crippen molar-refractivity contribution >= 4 is 22.8 Å². The zero-order valence-corrected chi connectivity index (χ0v) is 15.0. The molecule has 0 saturated heterocycles. The molecule has 2 aromatic rings. The van der Waals surface area contributed by atoms with Gasteiger partial charge in [0.2, 0.25) is 0 Å². The number of ether oxygens (including phenoxy) is 1. The molecular weight excluding hydrogens is 334 g/mol. The number of hydrogen-bond donors (Lipinski definition) is 1. The van der Waals surface area contributed by atoms with Gasteiger partial charge in [0, 0.05) is 11.4 Å². The van der Waals surface area contributed by atoms with Crippen LogP contribution >= 0.6 is 0 Å². The van der Waals surface area contributed by atoms with E-state index in [1.165, 1.54) is 12.5 Å². The van der Waals surface area contributed by atoms with E-state index >= 15 is 0 Å². The summed E-state index contributed by atoms with van der Waals surface area (Å²) in [6.07, 6.45) is 3.17. The van der Waals surface area contributed by atoms with Crippen LogP contribution in [0.4, 0.5) is 0 Å². The van der Waals surface area contributed by atoms with Gasteiger partial charge in [-0.3, -0.25) is 4.79 Å². The molecule has 1 saturated carbocycles. The molecule has 1 fully saturated rings. The Balaban J connectivity index is 1.61. The lowest BCUT2D eigenvalue weighted by molar-refractivity contribution is -0.125. The minimum absolute atomic E-state index is 0.0932. The Morgan fingerprint density at radius 2 is 2.00 bits per heavy atom. The van der Waals surface area contributed by atoms with E-state index in [9.17, 15) is 14.4 Å². The summed E-state index contributed by atoms with van der Waals surface area (Å²) in [5, 5.41) is 3.55. The van der Waals surface area contributed by atoms with Gasteiger partial charge in [0.1, 0.15) is 11.1 Å². The lowest BCUT2D eigenvalue weighted by Gasteiger charge is -2.34. The van der Waals surface area contributed by atoms with Crippen molar-refractivity contribution < 1.29 is 18.7 Å². The Bertz CT molecular complexity index is 872. The van der Waals surface area contributed by atoms with Crippen LogP contribution in [0.3, 0.4) is 0 Å². The van der Waals surface area contributed by atoms with Gasteiger partial charge in [-0.25, -0.2) is 9.59 Å². The first kappa shape index (κ1) is 18.2. The molecule has 138 valence electrons. The number of amides is 1. The van der Waals surface area contributed by atoms with E-state index in [-0.39, 0.29) is 17.5 Å². The average Bonchev–Trinajstić information content (AvgIpc) is 2.63. The van der Waals surface area contributed by atoms with E-state index in [4.69, 9.17) is 9.15 Å². The highest BCUT2D eigenvalue weighted by atomic mass is 16.5. The predicted octanol–water partition coefficient (Wildman–Crippen LogP) is 2.89. The smallest absolute Gasteiger partial charge is 0.351 e. The van der Waals surface area contributed by atoms with Crippen molar-refractivity contribution in [3.63, 3.8) is 0 Å². The molecule has 1 aromatic carbocycles. The van der Waals surface area contributed by atoms with Gasteiger partial charge in [-0.2, -0.15) is 0 Å². The van der Waals surface area contributed by atoms with E-state index in [2.05, 4.69) is 19.2 Å². The number of esters is 1. The van der Waals surface area contributed by atoms with Crippen molar-refractivity contribution in [3.8, 4) is 0 Å². The first-order chi connectivity index (χ1) is 12.5. The third-order valence-electron chi connectivity index (χ3n) is 5.25. The normalized spacial score (nSPS) is 22.8. The van der Waals surface area contributed by atoms with Crippen LogP contribution in [-0.4, -0.2) is 24.5 Å². The number of fused-ring (bicyclic) bond motifs is 1. The summed E-state index contributed by atoms with van der Waals surface area (Å²) in [7, 11) is 0. The number of para-hydroxylation sites is 1. The van der Waals surface area contributed by atoms with Crippen molar-refractivity contribution in [3.05, 3.63) is 46.3 Å². The summed E-state index contributed by atoms with van der Waals surface area (Å²) in [5.74, 6) is -0.269. The van der Waals surface area contributed by atoms with Crippen molar-refractivity contribution in [1.82, 2.24) is 5.32 Å². The molecule has 1 aromatic heterocycles. The fourth-order valence-corrected chi connectivity index (χ4v) is 3.45. The van der Waals surface area contributed by atoms with E-state index in [0.29, 0.717) is 22.8 Å². The number of benzene rings is 1. The first-order valence-corrected chi connectivity index (χ1v) is 8.95. The van der Waals surface area contributed by atoms with E-state index in [0.717, 1.165) is 12.8 Å². The molecule has 0 bridgehead atoms. The highest BCUT2D eigenvalue weighted by Gasteiger charge is 2.28. The Labute approximate surface area is 151 Å². The molecular formula is C20H23NO5. The Hall–Kier alpha value is -2.63. The zero-order chi connectivity index (χ0) is 18.7. The molecule has 1 heterocycles. The first-order valence-electron chi connectivity index (χ1n) is 8.95. The number of carbonyl (C=O) groups excluding carboxylic acids is 2. The second kappa shape index (κ2) is 7.72. The Morgan fingerprint density at radius 3 is 2.81 bits per heavy atom. The van der Waals surface area contributed by atoms with Crippen molar-refractivity contribution in [2.45, 2.75) is 39.2 Å². The summed E-state index contributed by atoms with van der Waals surface area (Å²) in [5.41, 5.74) is -0.591. The summed E-state index contributed by atoms with van der Waals surface area (Å²) in [4.78, 5) is 36.2. The van der Waals surface area contributed by atoms with Crippen molar-refractivity contribution in [2.75, 3.05) is 6.61 Å². The molecule has 6 nitrogen and oxygen atoms in total. The maximum atomic E-state index is 12.2. The topological polar surface area (TPSA) is 85.6 Å². The Kier molecular flexibility index (Phi) is 5.40. The number of nitrogens with one attached hydrogen (secondary N) is 1. The second-order valence-electron chi connectivity index (χ2n) is 7.00. The molecule has 1 aliphatic rings. The minimum Gasteiger partial charge on any atom is -0.452 e. The molecule has 0 aliphatic heterocycles. The number of rotatable bonds is 4. The van der Waals surface area contributed by atoms with Gasteiger partial charge < -0.3 is 14.5 Å². The lowest BCUT2D eigenvalue weighted by atomic mass is 9.78. The van der Waals surface area contributed by atoms with Gasteiger partial charge in [-0.05, 0) is 30.4 Å². The van der Waals surface area contributed by atoms with Gasteiger partial charge in [0.15, 0.2) is 6.61 Å². The lowest BCUT2D eigenvalue weighted by Crippen LogP contribution is -2.45. The SMILES string of the molecule is C[C@@H]1[C@H](C)CCC[C@@H]1NC(=O)COC(=O)c1cc2ccccc2oc1=O. The molecule has 26 heavy (non-hydrogen) atoms. The van der Waals surface area contributed by atoms with Crippen LogP contribution in [0.25, 0.3) is 11.0 Å². The standard InChI is InChI=1S/C20H23NO5/c1-12-6-5-8-16(13(12)2)21-18(22)11-25-19(23)15-10-14-7-3-4-9-17(14)26-20(15)24/h3-4,7,9-10,12-13,16H,5-6,8,11H2,1-2H3,(H,21,22)/t12-,13-,16+/m1/s1. The third-order valence-corrected chi connectivity index (χ3v) is 5.25. The third kappa shape index (κ3) is 3.95. The van der Waals surface area contributed by atoms with Gasteiger partial charge in [0.05, 0.1) is 0 Å². The summed E-state index contributed by atoms with van der Waals surface area (Å²) in [6.45, 7) is 3.89. The average molecular weight is 357 g/mol. The van der Waals surface area contributed by atoms with Crippen molar-refractivity contribution in [2.24, 2.45) is 11.8 Å². The van der Waals surface area contributed by atoms with Crippen LogP contribution in [0.2, 0.25) is 0 Å². The summed E-state index contributed by atoms with van der Waals surface area (Å²) < 4.78 is 10.1. The van der Waals surface area contributed by atoms with Gasteiger partial charge in [-0.15, -0.1) is 0 Å². The molecule has 1 amide bonds. The Morgan fingerprint density at radius 1 is 1.23 bits per heavy atom. The molecule has 3 rings (SSSR count). The van der Waals surface area contributed by atoms with Crippen molar-refractivity contribution in [1.29, 1.82) is 0 Å². The molecule has 1 aliphatic carbocycles. The largest absolute Gasteiger partial charge is 0.452 e. The number of hydrogen-bond acceptors (Lipinski definition) is 5. The monoisotopic (exact) mass is 357 g/mol. The van der Waals surface area contributed by atoms with E-state index in [1.54, 1.807) is 24.3 Å². The highest BCUT2D eigenvalue weighted by Crippen LogP contribution is 2.29. The summed E-state index contributed by atoms with van der Waals surface area (Å²) in [6, 6.07) is 8.40. The number of carbonyl (C=O) groups is 2. The maximum Gasteiger partial charge on any atom is 0.351 e. The van der Waals surface area contributed by atoms with Gasteiger partial charge in [-0.1, -0.05) is 44.9 Å². The minimum atomic E-state index is -0.857. The fourth-order valence-electron chi connectivity index (χ4n) is 3.45. The molecule has 3 atom stereocenters. The highest BCUT2D eigenvalue weighted by molar-refractivity contribution is 5.94. The van der Waals surface area contributed by atoms with Crippen LogP contribution in [0.1, 0.15) is 43.5 Å². The molecule has 6 heteroatoms. The summed E-state index contributed by atoms with van der Waals surface area (Å²) >= 11 is 0. The quantitative estimate of drug-likeness (QED) is 0.672. The van der Waals surface area contributed by atoms with E-state index < -0.39 is 18.2 Å². The molecule has 0 radical (unpaired) electrons. The maximum absolute atomic E-state index is 12.2. The van der Waals surface area contributed by atoms with Crippen LogP contribution in [-0.2, 0) is 9.53 Å². The van der Waals surface area contributed by atoms with Crippen LogP contribution in [0.15, 0.2) is 39.5 Å². The van der Waals surface area contributed by atoms with E-state index in [1.807, 2.05) is 0 Å². The van der Waals surface area contributed by atoms with Gasteiger partial charge in [0.25, 0.3) is 5.91 Å². The molecule has 0 unspecified atom stereocenters. The van der Waals surface area contributed by atoms with Gasteiger partial charge >= 0.3 is 11.6 Å². The molecule has 0 spiro atoms. The van der Waals surface area contributed by atoms with Crippen LogP contribution < -0.4 is 10.9 Å². The second-order valence-corrected chi connectivity index (χ2v) is 7.00. The molecule has 1 N–H and O–H groups in total. The predicted molar refractivity (Wildman–Crippen MR) is 96.9 cm³/mol. The zero-order valence-electron chi connectivity index (χ0n) is 15.0. The fraction of sp³-hybridized carbons (Fsp3) is 0.450.